The highest BCUT2D eigenvalue weighted by molar-refractivity contribution is 6.42. The molecule has 1 amide bonds. The molecule has 120 valence electrons. The van der Waals surface area contributed by atoms with Gasteiger partial charge in [0, 0.05) is 6.54 Å². The van der Waals surface area contributed by atoms with Crippen LogP contribution in [0.2, 0.25) is 10.0 Å². The van der Waals surface area contributed by atoms with Crippen molar-refractivity contribution in [2.24, 2.45) is 0 Å². The first-order valence-corrected chi connectivity index (χ1v) is 7.63. The third-order valence-electron chi connectivity index (χ3n) is 3.21. The molecule has 6 heteroatoms. The molecule has 0 aliphatic carbocycles. The van der Waals surface area contributed by atoms with Gasteiger partial charge in [-0.3, -0.25) is 4.79 Å². The minimum Gasteiger partial charge on any atom is -0.465 e. The fraction of sp³-hybridized carbons (Fsp3) is 0.176. The van der Waals surface area contributed by atoms with Crippen LogP contribution in [0, 0.1) is 0 Å². The first kappa shape index (κ1) is 17.3. The molecule has 0 spiro atoms. The van der Waals surface area contributed by atoms with E-state index in [1.807, 2.05) is 0 Å². The van der Waals surface area contributed by atoms with Crippen LogP contribution < -0.4 is 5.32 Å². The molecule has 0 heterocycles. The second kappa shape index (κ2) is 7.99. The standard InChI is InChI=1S/C17H15Cl2NO3/c1-23-17(22)13-5-2-11(3-6-13)10-20-16(21)9-12-4-7-14(18)15(19)8-12/h2-8H,9-10H2,1H3,(H,20,21). The summed E-state index contributed by atoms with van der Waals surface area (Å²) in [6, 6.07) is 12.0. The molecule has 0 radical (unpaired) electrons. The predicted octanol–water partition coefficient (Wildman–Crippen LogP) is 3.64. The number of hydrogen-bond acceptors (Lipinski definition) is 3. The van der Waals surface area contributed by atoms with Crippen LogP contribution in [0.3, 0.4) is 0 Å². The lowest BCUT2D eigenvalue weighted by molar-refractivity contribution is -0.120. The lowest BCUT2D eigenvalue weighted by Gasteiger charge is -2.07. The number of methoxy groups -OCH3 is 1. The van der Waals surface area contributed by atoms with Gasteiger partial charge in [-0.15, -0.1) is 0 Å². The Morgan fingerprint density at radius 1 is 1.00 bits per heavy atom. The number of carbonyl (C=O) groups excluding carboxylic acids is 2. The SMILES string of the molecule is COC(=O)c1ccc(CNC(=O)Cc2ccc(Cl)c(Cl)c2)cc1. The summed E-state index contributed by atoms with van der Waals surface area (Å²) in [5.41, 5.74) is 2.15. The van der Waals surface area contributed by atoms with Gasteiger partial charge in [-0.05, 0) is 35.4 Å². The van der Waals surface area contributed by atoms with Crippen LogP contribution in [0.4, 0.5) is 0 Å². The second-order valence-corrected chi connectivity index (χ2v) is 5.70. The molecule has 2 aromatic carbocycles. The largest absolute Gasteiger partial charge is 0.465 e. The number of amides is 1. The zero-order valence-electron chi connectivity index (χ0n) is 12.4. The Morgan fingerprint density at radius 3 is 2.26 bits per heavy atom. The normalized spacial score (nSPS) is 10.2. The average Bonchev–Trinajstić information content (AvgIpc) is 2.56. The minimum absolute atomic E-state index is 0.125. The summed E-state index contributed by atoms with van der Waals surface area (Å²) in [5, 5.41) is 3.70. The highest BCUT2D eigenvalue weighted by atomic mass is 35.5. The van der Waals surface area contributed by atoms with Crippen LogP contribution in [-0.4, -0.2) is 19.0 Å². The zero-order chi connectivity index (χ0) is 16.8. The molecular weight excluding hydrogens is 337 g/mol. The number of nitrogens with one attached hydrogen (secondary N) is 1. The van der Waals surface area contributed by atoms with E-state index in [-0.39, 0.29) is 18.3 Å². The Balaban J connectivity index is 1.88. The first-order valence-electron chi connectivity index (χ1n) is 6.87. The van der Waals surface area contributed by atoms with Crippen molar-refractivity contribution in [1.82, 2.24) is 5.32 Å². The monoisotopic (exact) mass is 351 g/mol. The van der Waals surface area contributed by atoms with E-state index in [9.17, 15) is 9.59 Å². The number of carbonyl (C=O) groups is 2. The minimum atomic E-state index is -0.389. The summed E-state index contributed by atoms with van der Waals surface area (Å²) in [6.07, 6.45) is 0.219. The third kappa shape index (κ3) is 4.98. The molecule has 2 rings (SSSR count). The van der Waals surface area contributed by atoms with E-state index >= 15 is 0 Å². The number of benzene rings is 2. The Hall–Kier alpha value is -2.04. The first-order chi connectivity index (χ1) is 11.0. The Bertz CT molecular complexity index is 714. The van der Waals surface area contributed by atoms with E-state index in [0.29, 0.717) is 22.2 Å². The molecule has 0 aliphatic heterocycles. The molecule has 0 unspecified atom stereocenters. The van der Waals surface area contributed by atoms with E-state index < -0.39 is 0 Å². The quantitative estimate of drug-likeness (QED) is 0.836. The zero-order valence-corrected chi connectivity index (χ0v) is 13.9. The molecule has 0 fully saturated rings. The van der Waals surface area contributed by atoms with E-state index in [4.69, 9.17) is 23.2 Å². The van der Waals surface area contributed by atoms with Crippen LogP contribution in [0.15, 0.2) is 42.5 Å². The molecule has 2 aromatic rings. The van der Waals surface area contributed by atoms with Crippen molar-refractivity contribution < 1.29 is 14.3 Å². The lowest BCUT2D eigenvalue weighted by Crippen LogP contribution is -2.24. The molecule has 23 heavy (non-hydrogen) atoms. The fourth-order valence-corrected chi connectivity index (χ4v) is 2.30. The summed E-state index contributed by atoms with van der Waals surface area (Å²) >= 11 is 11.8. The smallest absolute Gasteiger partial charge is 0.337 e. The Kier molecular flexibility index (Phi) is 6.02. The van der Waals surface area contributed by atoms with Crippen LogP contribution in [0.25, 0.3) is 0 Å². The van der Waals surface area contributed by atoms with Gasteiger partial charge < -0.3 is 10.1 Å². The predicted molar refractivity (Wildman–Crippen MR) is 89.8 cm³/mol. The van der Waals surface area contributed by atoms with E-state index in [1.54, 1.807) is 42.5 Å². The maximum atomic E-state index is 11.9. The van der Waals surface area contributed by atoms with Crippen molar-refractivity contribution >= 4 is 35.1 Å². The lowest BCUT2D eigenvalue weighted by atomic mass is 10.1. The van der Waals surface area contributed by atoms with Crippen LogP contribution in [0.5, 0.6) is 0 Å². The molecule has 0 atom stereocenters. The van der Waals surface area contributed by atoms with Gasteiger partial charge in [0.1, 0.15) is 0 Å². The van der Waals surface area contributed by atoms with Gasteiger partial charge in [0.2, 0.25) is 5.91 Å². The van der Waals surface area contributed by atoms with Gasteiger partial charge in [0.15, 0.2) is 0 Å². The maximum Gasteiger partial charge on any atom is 0.337 e. The van der Waals surface area contributed by atoms with Gasteiger partial charge in [-0.2, -0.15) is 0 Å². The van der Waals surface area contributed by atoms with E-state index in [1.165, 1.54) is 7.11 Å². The summed E-state index contributed by atoms with van der Waals surface area (Å²) < 4.78 is 4.63. The topological polar surface area (TPSA) is 55.4 Å². The van der Waals surface area contributed by atoms with Crippen LogP contribution in [0.1, 0.15) is 21.5 Å². The number of hydrogen-bond donors (Lipinski definition) is 1. The number of halogens is 2. The molecule has 0 saturated heterocycles. The number of esters is 1. The maximum absolute atomic E-state index is 11.9. The second-order valence-electron chi connectivity index (χ2n) is 4.89. The van der Waals surface area contributed by atoms with Gasteiger partial charge in [0.05, 0.1) is 29.1 Å². The number of rotatable bonds is 5. The molecular formula is C17H15Cl2NO3. The van der Waals surface area contributed by atoms with Crippen LogP contribution >= 0.6 is 23.2 Å². The van der Waals surface area contributed by atoms with Crippen molar-refractivity contribution in [3.05, 3.63) is 69.2 Å². The molecule has 1 N–H and O–H groups in total. The van der Waals surface area contributed by atoms with Crippen molar-refractivity contribution in [3.8, 4) is 0 Å². The van der Waals surface area contributed by atoms with Gasteiger partial charge in [-0.1, -0.05) is 41.4 Å². The van der Waals surface area contributed by atoms with E-state index in [0.717, 1.165) is 11.1 Å². The molecule has 0 saturated carbocycles. The third-order valence-corrected chi connectivity index (χ3v) is 3.95. The molecule has 0 aromatic heterocycles. The summed E-state index contributed by atoms with van der Waals surface area (Å²) in [6.45, 7) is 0.377. The van der Waals surface area contributed by atoms with E-state index in [2.05, 4.69) is 10.1 Å². The van der Waals surface area contributed by atoms with Crippen LogP contribution in [-0.2, 0) is 22.5 Å². The fourth-order valence-electron chi connectivity index (χ4n) is 1.97. The van der Waals surface area contributed by atoms with Gasteiger partial charge in [0.25, 0.3) is 0 Å². The molecule has 0 bridgehead atoms. The summed E-state index contributed by atoms with van der Waals surface area (Å²) in [5.74, 6) is -0.513. The van der Waals surface area contributed by atoms with Crippen molar-refractivity contribution in [1.29, 1.82) is 0 Å². The van der Waals surface area contributed by atoms with Crippen molar-refractivity contribution in [3.63, 3.8) is 0 Å². The highest BCUT2D eigenvalue weighted by Crippen LogP contribution is 2.22. The van der Waals surface area contributed by atoms with Gasteiger partial charge in [-0.25, -0.2) is 4.79 Å². The number of ether oxygens (including phenoxy) is 1. The average molecular weight is 352 g/mol. The molecule has 0 aliphatic rings. The highest BCUT2D eigenvalue weighted by Gasteiger charge is 2.07. The van der Waals surface area contributed by atoms with Crippen molar-refractivity contribution in [2.75, 3.05) is 7.11 Å². The van der Waals surface area contributed by atoms with Crippen molar-refractivity contribution in [2.45, 2.75) is 13.0 Å². The van der Waals surface area contributed by atoms with Gasteiger partial charge >= 0.3 is 5.97 Å². The summed E-state index contributed by atoms with van der Waals surface area (Å²) in [7, 11) is 1.33. The summed E-state index contributed by atoms with van der Waals surface area (Å²) in [4.78, 5) is 23.3. The Labute approximate surface area is 144 Å². The molecule has 4 nitrogen and oxygen atoms in total. The Morgan fingerprint density at radius 2 is 1.65 bits per heavy atom.